The van der Waals surface area contributed by atoms with Crippen LogP contribution in [0.3, 0.4) is 0 Å². The van der Waals surface area contributed by atoms with Crippen molar-refractivity contribution in [1.82, 2.24) is 19.5 Å². The molecule has 1 radical (unpaired) electrons. The number of anilines is 1. The molecule has 5 atom stereocenters. The summed E-state index contributed by atoms with van der Waals surface area (Å²) in [6, 6.07) is 0. The maximum absolute atomic E-state index is 10.6. The van der Waals surface area contributed by atoms with E-state index in [9.17, 15) is 19.7 Å². The van der Waals surface area contributed by atoms with Gasteiger partial charge < -0.3 is 35.0 Å². The topological polar surface area (TPSA) is 189 Å². The minimum absolute atomic E-state index is 0. The van der Waals surface area contributed by atoms with Crippen LogP contribution in [0.2, 0.25) is 0 Å². The molecule has 3 heterocycles. The van der Waals surface area contributed by atoms with Crippen LogP contribution in [0.25, 0.3) is 11.2 Å². The molecule has 0 amide bonds. The summed E-state index contributed by atoms with van der Waals surface area (Å²) in [6.07, 6.45) is -2.62. The monoisotopic (exact) mass is 435 g/mol. The fourth-order valence-corrected chi connectivity index (χ4v) is 2.66. The number of aliphatic hydroxyl groups is 2. The summed E-state index contributed by atoms with van der Waals surface area (Å²) in [6.45, 7) is -0.657. The van der Waals surface area contributed by atoms with E-state index in [2.05, 4.69) is 19.5 Å². The van der Waals surface area contributed by atoms with Gasteiger partial charge in [0.1, 0.15) is 30.2 Å². The minimum Gasteiger partial charge on any atom is -0.756 e. The number of aromatic nitrogens is 4. The van der Waals surface area contributed by atoms with Crippen LogP contribution in [0.4, 0.5) is 5.82 Å². The van der Waals surface area contributed by atoms with Crippen LogP contribution in [0.15, 0.2) is 12.7 Å². The summed E-state index contributed by atoms with van der Waals surface area (Å²) in [4.78, 5) is 31.0. The first-order chi connectivity index (χ1) is 10.8. The van der Waals surface area contributed by atoms with Crippen molar-refractivity contribution >= 4 is 24.8 Å². The van der Waals surface area contributed by atoms with Crippen LogP contribution >= 0.6 is 7.82 Å². The van der Waals surface area contributed by atoms with Crippen molar-refractivity contribution in [1.29, 1.82) is 0 Å². The zero-order chi connectivity index (χ0) is 16.8. The number of nitrogen functional groups attached to an aromatic ring is 1. The van der Waals surface area contributed by atoms with Crippen LogP contribution in [-0.2, 0) is 46.5 Å². The van der Waals surface area contributed by atoms with E-state index in [1.807, 2.05) is 0 Å². The molecule has 5 unspecified atom stereocenters. The number of phosphoric acid groups is 1. The molecule has 12 nitrogen and oxygen atoms in total. The Hall–Kier alpha value is -0.556. The van der Waals surface area contributed by atoms with Crippen LogP contribution < -0.4 is 10.6 Å². The minimum atomic E-state index is -4.97. The maximum Gasteiger partial charge on any atom is 0.265 e. The Labute approximate surface area is 160 Å². The first kappa shape index (κ1) is 19.8. The molecule has 129 valence electrons. The molecule has 1 fully saturated rings. The normalized spacial score (nSPS) is 29.3. The number of fused-ring (bicyclic) bond motifs is 1. The number of phosphoric ester groups is 1. The third-order valence-corrected chi connectivity index (χ3v) is 3.88. The zero-order valence-electron chi connectivity index (χ0n) is 12.0. The number of imidazole rings is 1. The predicted molar refractivity (Wildman–Crippen MR) is 71.4 cm³/mol. The van der Waals surface area contributed by atoms with Gasteiger partial charge in [-0.2, -0.15) is 0 Å². The SMILES string of the molecule is Nc1ncnc2c1ncn2C1OC(COP(=O)([O-])O)C(O)C1O.[Y]. The summed E-state index contributed by atoms with van der Waals surface area (Å²) >= 11 is 0. The van der Waals surface area contributed by atoms with E-state index in [0.29, 0.717) is 0 Å². The van der Waals surface area contributed by atoms with Crippen molar-refractivity contribution in [2.45, 2.75) is 24.5 Å². The first-order valence-corrected chi connectivity index (χ1v) is 7.90. The number of hydrogen-bond donors (Lipinski definition) is 4. The second kappa shape index (κ2) is 7.36. The van der Waals surface area contributed by atoms with Gasteiger partial charge in [-0.15, -0.1) is 0 Å². The maximum atomic E-state index is 10.6. The standard InChI is InChI=1S/C10H14N5O7P.Y/c11-8-5-9(13-2-12-8)15(3-14-5)10-7(17)6(16)4(22-10)1-21-23(18,19)20;/h2-4,6-7,10,16-17H,1H2,(H2,11,12,13)(H2,18,19,20);/p-1. The number of aliphatic hydroxyl groups excluding tert-OH is 2. The molecule has 3 rings (SSSR count). The molecule has 14 heteroatoms. The molecule has 0 saturated carbocycles. The van der Waals surface area contributed by atoms with Gasteiger partial charge in [0.15, 0.2) is 17.7 Å². The Bertz CT molecular complexity index is 769. The van der Waals surface area contributed by atoms with Crippen molar-refractivity contribution < 1.29 is 66.5 Å². The van der Waals surface area contributed by atoms with Crippen molar-refractivity contribution in [2.24, 2.45) is 0 Å². The fourth-order valence-electron chi connectivity index (χ4n) is 2.32. The molecule has 2 aromatic rings. The zero-order valence-corrected chi connectivity index (χ0v) is 15.8. The molecule has 0 spiro atoms. The number of rotatable bonds is 4. The van der Waals surface area contributed by atoms with Gasteiger partial charge in [0.05, 0.1) is 12.9 Å². The van der Waals surface area contributed by atoms with Crippen molar-refractivity contribution in [3.63, 3.8) is 0 Å². The van der Waals surface area contributed by atoms with Gasteiger partial charge in [-0.05, 0) is 0 Å². The average Bonchev–Trinajstić information content (AvgIpc) is 3.01. The molecule has 5 N–H and O–H groups in total. The van der Waals surface area contributed by atoms with E-state index in [1.165, 1.54) is 17.2 Å². The Balaban J connectivity index is 0.00000208. The van der Waals surface area contributed by atoms with Crippen LogP contribution in [0.5, 0.6) is 0 Å². The number of nitrogens with zero attached hydrogens (tertiary/aromatic N) is 4. The van der Waals surface area contributed by atoms with Gasteiger partial charge in [0.25, 0.3) is 7.82 Å². The Morgan fingerprint density at radius 2 is 2.08 bits per heavy atom. The van der Waals surface area contributed by atoms with Crippen molar-refractivity contribution in [3.05, 3.63) is 12.7 Å². The van der Waals surface area contributed by atoms with E-state index in [1.54, 1.807) is 0 Å². The van der Waals surface area contributed by atoms with Crippen molar-refractivity contribution in [2.75, 3.05) is 12.3 Å². The van der Waals surface area contributed by atoms with Gasteiger partial charge in [-0.1, -0.05) is 0 Å². The van der Waals surface area contributed by atoms with E-state index in [4.69, 9.17) is 15.4 Å². The summed E-state index contributed by atoms with van der Waals surface area (Å²) < 4.78 is 21.5. The summed E-state index contributed by atoms with van der Waals surface area (Å²) in [5, 5.41) is 20.0. The molecule has 1 aliphatic rings. The van der Waals surface area contributed by atoms with Gasteiger partial charge in [0.2, 0.25) is 0 Å². The second-order valence-electron chi connectivity index (χ2n) is 4.89. The van der Waals surface area contributed by atoms with Gasteiger partial charge in [-0.3, -0.25) is 9.13 Å². The molecular formula is C10H13N5O7PY-. The molecule has 0 bridgehead atoms. The third-order valence-electron chi connectivity index (χ3n) is 3.40. The molecule has 1 saturated heterocycles. The van der Waals surface area contributed by atoms with E-state index >= 15 is 0 Å². The van der Waals surface area contributed by atoms with Crippen LogP contribution in [0, 0.1) is 0 Å². The fraction of sp³-hybridized carbons (Fsp3) is 0.500. The molecule has 2 aromatic heterocycles. The van der Waals surface area contributed by atoms with Gasteiger partial charge in [-0.25, -0.2) is 15.0 Å². The summed E-state index contributed by atoms with van der Waals surface area (Å²) in [5.74, 6) is 0.134. The summed E-state index contributed by atoms with van der Waals surface area (Å²) in [7, 11) is -4.97. The second-order valence-corrected chi connectivity index (χ2v) is 6.09. The predicted octanol–water partition coefficient (Wildman–Crippen LogP) is -2.50. The van der Waals surface area contributed by atoms with Crippen LogP contribution in [0.1, 0.15) is 6.23 Å². The number of ether oxygens (including phenoxy) is 1. The molecular weight excluding hydrogens is 422 g/mol. The molecule has 1 aliphatic heterocycles. The number of nitrogens with two attached hydrogens (primary N) is 1. The Morgan fingerprint density at radius 3 is 2.75 bits per heavy atom. The number of hydrogen-bond acceptors (Lipinski definition) is 10. The van der Waals surface area contributed by atoms with Crippen molar-refractivity contribution in [3.8, 4) is 0 Å². The Morgan fingerprint density at radius 1 is 1.38 bits per heavy atom. The average molecular weight is 435 g/mol. The van der Waals surface area contributed by atoms with Gasteiger partial charge in [0, 0.05) is 32.7 Å². The third kappa shape index (κ3) is 3.82. The van der Waals surface area contributed by atoms with Gasteiger partial charge >= 0.3 is 0 Å². The smallest absolute Gasteiger partial charge is 0.265 e. The Kier molecular flexibility index (Phi) is 6.06. The first-order valence-electron chi connectivity index (χ1n) is 6.41. The van der Waals surface area contributed by atoms with E-state index in [-0.39, 0.29) is 49.7 Å². The molecule has 24 heavy (non-hydrogen) atoms. The largest absolute Gasteiger partial charge is 0.756 e. The quantitative estimate of drug-likeness (QED) is 0.372. The molecule has 0 aliphatic carbocycles. The van der Waals surface area contributed by atoms with Crippen LogP contribution in [-0.4, -0.2) is 59.5 Å². The van der Waals surface area contributed by atoms with E-state index < -0.39 is 39.0 Å². The molecule has 0 aromatic carbocycles. The summed E-state index contributed by atoms with van der Waals surface area (Å²) in [5.41, 5.74) is 6.22. The van der Waals surface area contributed by atoms with E-state index in [0.717, 1.165) is 0 Å².